The molecule has 1 rings (SSSR count). The summed E-state index contributed by atoms with van der Waals surface area (Å²) >= 11 is 0. The molecule has 0 aromatic carbocycles. The van der Waals surface area contributed by atoms with Crippen molar-refractivity contribution in [2.24, 2.45) is 17.6 Å². The van der Waals surface area contributed by atoms with Crippen molar-refractivity contribution < 1.29 is 9.18 Å². The third kappa shape index (κ3) is 3.00. The molecule has 3 N–H and O–H groups in total. The third-order valence-corrected chi connectivity index (χ3v) is 3.33. The Balaban J connectivity index is 2.94. The fourth-order valence-electron chi connectivity index (χ4n) is 2.03. The maximum Gasteiger partial charge on any atom is 0.229 e. The van der Waals surface area contributed by atoms with Crippen LogP contribution in [-0.4, -0.2) is 18.1 Å². The van der Waals surface area contributed by atoms with E-state index >= 15 is 0 Å². The monoisotopic (exact) mass is 252 g/mol. The van der Waals surface area contributed by atoms with Gasteiger partial charge in [0.25, 0.3) is 0 Å². The zero-order chi connectivity index (χ0) is 14.1. The van der Waals surface area contributed by atoms with Crippen molar-refractivity contribution in [3.8, 4) is 0 Å². The predicted molar refractivity (Wildman–Crippen MR) is 71.4 cm³/mol. The third-order valence-electron chi connectivity index (χ3n) is 3.33. The summed E-state index contributed by atoms with van der Waals surface area (Å²) in [5.41, 5.74) is 5.81. The molecule has 1 saturated heterocycles. The molecular weight excluding hydrogens is 231 g/mol. The summed E-state index contributed by atoms with van der Waals surface area (Å²) < 4.78 is 13.7. The van der Waals surface area contributed by atoms with Crippen LogP contribution < -0.4 is 11.1 Å². The molecule has 0 unspecified atom stereocenters. The Morgan fingerprint density at radius 2 is 2.11 bits per heavy atom. The second-order valence-electron chi connectivity index (χ2n) is 5.29. The van der Waals surface area contributed by atoms with Gasteiger partial charge in [0.05, 0.1) is 5.92 Å². The Kier molecular flexibility index (Phi) is 3.99. The van der Waals surface area contributed by atoms with Gasteiger partial charge >= 0.3 is 0 Å². The van der Waals surface area contributed by atoms with Crippen molar-refractivity contribution in [3.63, 3.8) is 0 Å². The van der Waals surface area contributed by atoms with E-state index in [2.05, 4.69) is 18.5 Å². The highest BCUT2D eigenvalue weighted by Gasteiger charge is 2.36. The highest BCUT2D eigenvalue weighted by Crippen LogP contribution is 2.31. The number of amides is 1. The van der Waals surface area contributed by atoms with Crippen LogP contribution in [0.15, 0.2) is 36.1 Å². The summed E-state index contributed by atoms with van der Waals surface area (Å²) in [6.45, 7) is 12.6. The van der Waals surface area contributed by atoms with E-state index in [1.165, 1.54) is 13.8 Å². The second kappa shape index (κ2) is 4.96. The molecule has 0 aromatic heterocycles. The van der Waals surface area contributed by atoms with Gasteiger partial charge in [0.1, 0.15) is 5.67 Å². The molecule has 1 heterocycles. The number of carbonyl (C=O) groups is 1. The average Bonchev–Trinajstić information content (AvgIpc) is 2.58. The van der Waals surface area contributed by atoms with E-state index in [0.29, 0.717) is 17.8 Å². The molecule has 18 heavy (non-hydrogen) atoms. The number of nitrogens with one attached hydrogen (secondary N) is 1. The molecule has 3 nitrogen and oxygen atoms in total. The van der Waals surface area contributed by atoms with E-state index in [1.807, 2.05) is 6.92 Å². The first kappa shape index (κ1) is 14.5. The Labute approximate surface area is 108 Å². The zero-order valence-corrected chi connectivity index (χ0v) is 11.2. The van der Waals surface area contributed by atoms with Crippen LogP contribution in [-0.2, 0) is 4.79 Å². The maximum atomic E-state index is 13.7. The van der Waals surface area contributed by atoms with E-state index < -0.39 is 11.6 Å². The van der Waals surface area contributed by atoms with Crippen LogP contribution in [0, 0.1) is 11.8 Å². The van der Waals surface area contributed by atoms with Crippen molar-refractivity contribution in [1.29, 1.82) is 0 Å². The lowest BCUT2D eigenvalue weighted by Gasteiger charge is -2.20. The van der Waals surface area contributed by atoms with Crippen LogP contribution in [0.2, 0.25) is 0 Å². The Hall–Kier alpha value is -1.58. The summed E-state index contributed by atoms with van der Waals surface area (Å²) in [6, 6.07) is 0. The molecule has 0 saturated carbocycles. The van der Waals surface area contributed by atoms with Crippen LogP contribution in [0.25, 0.3) is 0 Å². The fourth-order valence-corrected chi connectivity index (χ4v) is 2.03. The van der Waals surface area contributed by atoms with E-state index in [0.717, 1.165) is 5.57 Å². The molecule has 4 heteroatoms. The number of hydrogen-bond acceptors (Lipinski definition) is 2. The summed E-state index contributed by atoms with van der Waals surface area (Å²) in [6.07, 6.45) is 1.70. The van der Waals surface area contributed by atoms with Crippen molar-refractivity contribution >= 4 is 5.91 Å². The molecule has 1 aliphatic heterocycles. The predicted octanol–water partition coefficient (Wildman–Crippen LogP) is 2.07. The summed E-state index contributed by atoms with van der Waals surface area (Å²) in [5, 5.41) is 2.75. The first-order valence-electron chi connectivity index (χ1n) is 5.93. The van der Waals surface area contributed by atoms with E-state index in [9.17, 15) is 9.18 Å². The van der Waals surface area contributed by atoms with Crippen LogP contribution in [0.5, 0.6) is 0 Å². The molecule has 0 aliphatic carbocycles. The standard InChI is InChI=1S/C14H21FN2O/c1-8(6-9(2)14(4,5)15)11-7-17-13(18)12(11)10(3)16/h6,11-12H,2-3,7,16H2,1,4-5H3,(H,17,18)/b8-6+/t11-,12-/m1/s1. The Morgan fingerprint density at radius 3 is 2.56 bits per heavy atom. The summed E-state index contributed by atoms with van der Waals surface area (Å²) in [4.78, 5) is 11.6. The molecular formula is C14H21FN2O. The quantitative estimate of drug-likeness (QED) is 0.753. The van der Waals surface area contributed by atoms with Crippen molar-refractivity contribution in [2.45, 2.75) is 26.4 Å². The van der Waals surface area contributed by atoms with Gasteiger partial charge in [-0.05, 0) is 26.3 Å². The van der Waals surface area contributed by atoms with Gasteiger partial charge in [0, 0.05) is 18.2 Å². The maximum absolute atomic E-state index is 13.7. The minimum Gasteiger partial charge on any atom is -0.402 e. The van der Waals surface area contributed by atoms with Gasteiger partial charge in [0.2, 0.25) is 5.91 Å². The van der Waals surface area contributed by atoms with Crippen molar-refractivity contribution in [1.82, 2.24) is 5.32 Å². The van der Waals surface area contributed by atoms with E-state index in [-0.39, 0.29) is 11.8 Å². The molecule has 0 bridgehead atoms. The first-order chi connectivity index (χ1) is 8.14. The van der Waals surface area contributed by atoms with Crippen molar-refractivity contribution in [3.05, 3.63) is 36.1 Å². The smallest absolute Gasteiger partial charge is 0.229 e. The lowest BCUT2D eigenvalue weighted by Crippen LogP contribution is -2.25. The average molecular weight is 252 g/mol. The summed E-state index contributed by atoms with van der Waals surface area (Å²) in [7, 11) is 0. The largest absolute Gasteiger partial charge is 0.402 e. The minimum absolute atomic E-state index is 0.0749. The Morgan fingerprint density at radius 1 is 1.56 bits per heavy atom. The summed E-state index contributed by atoms with van der Waals surface area (Å²) in [5.74, 6) is -0.628. The highest BCUT2D eigenvalue weighted by molar-refractivity contribution is 5.84. The molecule has 100 valence electrons. The number of carbonyl (C=O) groups excluding carboxylic acids is 1. The lowest BCUT2D eigenvalue weighted by atomic mass is 9.85. The SMILES string of the molecule is C=C(N)[C@H]1C(=O)NC[C@@H]1/C(C)=C/C(=C)C(C)(C)F. The van der Waals surface area contributed by atoms with Gasteiger partial charge in [-0.25, -0.2) is 4.39 Å². The van der Waals surface area contributed by atoms with Gasteiger partial charge in [-0.2, -0.15) is 0 Å². The fraction of sp³-hybridized carbons (Fsp3) is 0.500. The van der Waals surface area contributed by atoms with Gasteiger partial charge < -0.3 is 11.1 Å². The highest BCUT2D eigenvalue weighted by atomic mass is 19.1. The molecule has 0 spiro atoms. The van der Waals surface area contributed by atoms with Gasteiger partial charge in [-0.1, -0.05) is 24.8 Å². The number of alkyl halides is 1. The Bertz CT molecular complexity index is 418. The van der Waals surface area contributed by atoms with Crippen molar-refractivity contribution in [2.75, 3.05) is 6.54 Å². The van der Waals surface area contributed by atoms with Crippen LogP contribution in [0.4, 0.5) is 4.39 Å². The second-order valence-corrected chi connectivity index (χ2v) is 5.29. The van der Waals surface area contributed by atoms with Crippen LogP contribution in [0.1, 0.15) is 20.8 Å². The normalized spacial score (nSPS) is 24.9. The molecule has 2 atom stereocenters. The molecule has 1 aliphatic rings. The van der Waals surface area contributed by atoms with Gasteiger partial charge in [0.15, 0.2) is 0 Å². The molecule has 0 aromatic rings. The topological polar surface area (TPSA) is 55.1 Å². The number of nitrogens with two attached hydrogens (primary N) is 1. The van der Waals surface area contributed by atoms with Gasteiger partial charge in [-0.15, -0.1) is 0 Å². The number of halogens is 1. The molecule has 1 fully saturated rings. The van der Waals surface area contributed by atoms with Crippen LogP contribution >= 0.6 is 0 Å². The lowest BCUT2D eigenvalue weighted by molar-refractivity contribution is -0.121. The molecule has 1 amide bonds. The first-order valence-corrected chi connectivity index (χ1v) is 5.93. The minimum atomic E-state index is -1.47. The number of hydrogen-bond donors (Lipinski definition) is 2. The van der Waals surface area contributed by atoms with E-state index in [1.54, 1.807) is 6.08 Å². The number of allylic oxidation sites excluding steroid dienone is 2. The molecule has 0 radical (unpaired) electrons. The number of rotatable bonds is 4. The van der Waals surface area contributed by atoms with Gasteiger partial charge in [-0.3, -0.25) is 4.79 Å². The zero-order valence-electron chi connectivity index (χ0n) is 11.2. The van der Waals surface area contributed by atoms with E-state index in [4.69, 9.17) is 5.73 Å². The van der Waals surface area contributed by atoms with Crippen LogP contribution in [0.3, 0.4) is 0 Å².